The molecule has 2 heterocycles. The summed E-state index contributed by atoms with van der Waals surface area (Å²) in [6.07, 6.45) is 1.08. The number of aromatic amines is 1. The molecule has 1 amide bonds. The Labute approximate surface area is 227 Å². The smallest absolute Gasteiger partial charge is 0.409 e. The van der Waals surface area contributed by atoms with Crippen molar-refractivity contribution in [3.8, 4) is 0 Å². The van der Waals surface area contributed by atoms with Gasteiger partial charge in [-0.15, -0.1) is 0 Å². The second-order valence-corrected chi connectivity index (χ2v) is 10.4. The SMILES string of the molecule is CC(COC(=O)N1CCC(n2c(=O)[nH]c3cc(Cl)ccc32)CC1)N(Cc1ccccc1)Cc1ccccc1. The van der Waals surface area contributed by atoms with Gasteiger partial charge in [-0.05, 0) is 49.1 Å². The third-order valence-corrected chi connectivity index (χ3v) is 7.53. The number of ether oxygens (including phenoxy) is 1. The molecule has 5 rings (SSSR count). The van der Waals surface area contributed by atoms with Gasteiger partial charge in [-0.1, -0.05) is 72.3 Å². The van der Waals surface area contributed by atoms with Crippen LogP contribution in [0, 0.1) is 0 Å². The lowest BCUT2D eigenvalue weighted by molar-refractivity contribution is 0.0567. The maximum Gasteiger partial charge on any atom is 0.409 e. The molecule has 198 valence electrons. The number of imidazole rings is 1. The van der Waals surface area contributed by atoms with Crippen LogP contribution in [0.2, 0.25) is 5.02 Å². The van der Waals surface area contributed by atoms with Gasteiger partial charge in [0.1, 0.15) is 6.61 Å². The lowest BCUT2D eigenvalue weighted by atomic mass is 10.0. The van der Waals surface area contributed by atoms with Gasteiger partial charge in [0.2, 0.25) is 0 Å². The van der Waals surface area contributed by atoms with Crippen molar-refractivity contribution in [3.63, 3.8) is 0 Å². The molecule has 1 unspecified atom stereocenters. The molecule has 3 aromatic carbocycles. The van der Waals surface area contributed by atoms with Crippen LogP contribution in [0.15, 0.2) is 83.7 Å². The highest BCUT2D eigenvalue weighted by molar-refractivity contribution is 6.31. The van der Waals surface area contributed by atoms with Crippen LogP contribution in [0.3, 0.4) is 0 Å². The molecule has 1 aliphatic rings. The van der Waals surface area contributed by atoms with Crippen molar-refractivity contribution < 1.29 is 9.53 Å². The summed E-state index contributed by atoms with van der Waals surface area (Å²) >= 11 is 6.08. The van der Waals surface area contributed by atoms with Crippen LogP contribution in [-0.2, 0) is 17.8 Å². The maximum absolute atomic E-state index is 12.9. The van der Waals surface area contributed by atoms with Crippen LogP contribution in [0.5, 0.6) is 0 Å². The highest BCUT2D eigenvalue weighted by atomic mass is 35.5. The summed E-state index contributed by atoms with van der Waals surface area (Å²) in [4.78, 5) is 32.5. The predicted octanol–water partition coefficient (Wildman–Crippen LogP) is 5.85. The number of piperidine rings is 1. The van der Waals surface area contributed by atoms with Crippen molar-refractivity contribution in [2.24, 2.45) is 0 Å². The van der Waals surface area contributed by atoms with Gasteiger partial charge in [0.05, 0.1) is 11.0 Å². The molecule has 1 atom stereocenters. The standard InChI is InChI=1S/C30H33ClN4O3/c1-22(34(19-23-8-4-2-5-9-23)20-24-10-6-3-7-11-24)21-38-30(37)33-16-14-26(15-17-33)35-28-13-12-25(31)18-27(28)32-29(35)36/h2-13,18,22,26H,14-17,19-21H2,1H3,(H,32,36). The van der Waals surface area contributed by atoms with Crippen molar-refractivity contribution in [2.75, 3.05) is 19.7 Å². The number of nitrogens with zero attached hydrogens (tertiary/aromatic N) is 3. The van der Waals surface area contributed by atoms with Gasteiger partial charge in [-0.2, -0.15) is 0 Å². The Kier molecular flexibility index (Phi) is 8.15. The van der Waals surface area contributed by atoms with E-state index in [2.05, 4.69) is 41.1 Å². The van der Waals surface area contributed by atoms with E-state index in [1.54, 1.807) is 21.6 Å². The molecular formula is C30H33ClN4O3. The predicted molar refractivity (Wildman–Crippen MR) is 150 cm³/mol. The van der Waals surface area contributed by atoms with Gasteiger partial charge in [-0.3, -0.25) is 9.47 Å². The monoisotopic (exact) mass is 532 g/mol. The fourth-order valence-electron chi connectivity index (χ4n) is 5.16. The third-order valence-electron chi connectivity index (χ3n) is 7.29. The number of rotatable bonds is 8. The summed E-state index contributed by atoms with van der Waals surface area (Å²) < 4.78 is 7.58. The number of likely N-dealkylation sites (tertiary alicyclic amines) is 1. The molecule has 1 saturated heterocycles. The summed E-state index contributed by atoms with van der Waals surface area (Å²) in [5, 5.41) is 0.587. The number of carbonyl (C=O) groups excluding carboxylic acids is 1. The Morgan fingerprint density at radius 2 is 1.61 bits per heavy atom. The third kappa shape index (κ3) is 6.11. The average Bonchev–Trinajstić information content (AvgIpc) is 3.27. The van der Waals surface area contributed by atoms with E-state index in [-0.39, 0.29) is 23.9 Å². The minimum atomic E-state index is -0.298. The Hall–Kier alpha value is -3.55. The maximum atomic E-state index is 12.9. The quantitative estimate of drug-likeness (QED) is 0.309. The highest BCUT2D eigenvalue weighted by Crippen LogP contribution is 2.26. The van der Waals surface area contributed by atoms with Gasteiger partial charge in [0, 0.05) is 43.3 Å². The largest absolute Gasteiger partial charge is 0.448 e. The fraction of sp³-hybridized carbons (Fsp3) is 0.333. The lowest BCUT2D eigenvalue weighted by Crippen LogP contribution is -2.42. The summed E-state index contributed by atoms with van der Waals surface area (Å²) in [6, 6.07) is 26.2. The first-order valence-corrected chi connectivity index (χ1v) is 13.5. The zero-order valence-electron chi connectivity index (χ0n) is 21.6. The molecule has 8 heteroatoms. The van der Waals surface area contributed by atoms with Crippen LogP contribution in [0.25, 0.3) is 11.0 Å². The van der Waals surface area contributed by atoms with Crippen molar-refractivity contribution in [1.82, 2.24) is 19.4 Å². The zero-order chi connectivity index (χ0) is 26.5. The van der Waals surface area contributed by atoms with Crippen molar-refractivity contribution in [1.29, 1.82) is 0 Å². The number of nitrogens with one attached hydrogen (secondary N) is 1. The van der Waals surface area contributed by atoms with Crippen LogP contribution < -0.4 is 5.69 Å². The molecule has 0 spiro atoms. The number of H-pyrrole nitrogens is 1. The van der Waals surface area contributed by atoms with E-state index < -0.39 is 0 Å². The molecular weight excluding hydrogens is 500 g/mol. The van der Waals surface area contributed by atoms with Crippen molar-refractivity contribution >= 4 is 28.7 Å². The van der Waals surface area contributed by atoms with E-state index >= 15 is 0 Å². The average molecular weight is 533 g/mol. The minimum absolute atomic E-state index is 0.0210. The van der Waals surface area contributed by atoms with Gasteiger partial charge < -0.3 is 14.6 Å². The van der Waals surface area contributed by atoms with Gasteiger partial charge in [0.25, 0.3) is 0 Å². The van der Waals surface area contributed by atoms with Crippen molar-refractivity contribution in [3.05, 3.63) is 105 Å². The Balaban J connectivity index is 1.18. The molecule has 1 aliphatic heterocycles. The van der Waals surface area contributed by atoms with E-state index in [1.807, 2.05) is 42.5 Å². The number of hydrogen-bond donors (Lipinski definition) is 1. The molecule has 0 saturated carbocycles. The van der Waals surface area contributed by atoms with Crippen LogP contribution in [-0.4, -0.2) is 51.2 Å². The second-order valence-electron chi connectivity index (χ2n) is 9.98. The first kappa shape index (κ1) is 26.1. The van der Waals surface area contributed by atoms with E-state index in [1.165, 1.54) is 11.1 Å². The second kappa shape index (κ2) is 11.9. The molecule has 1 fully saturated rings. The van der Waals surface area contributed by atoms with E-state index in [9.17, 15) is 9.59 Å². The Morgan fingerprint density at radius 3 is 2.21 bits per heavy atom. The van der Waals surface area contributed by atoms with Crippen molar-refractivity contribution in [2.45, 2.75) is 44.9 Å². The molecule has 7 nitrogen and oxygen atoms in total. The van der Waals surface area contributed by atoms with E-state index in [0.717, 1.165) is 24.1 Å². The molecule has 0 radical (unpaired) electrons. The normalized spacial score (nSPS) is 15.2. The molecule has 1 aromatic heterocycles. The lowest BCUT2D eigenvalue weighted by Gasteiger charge is -2.33. The van der Waals surface area contributed by atoms with E-state index in [4.69, 9.17) is 16.3 Å². The molecule has 0 bridgehead atoms. The number of hydrogen-bond acceptors (Lipinski definition) is 4. The zero-order valence-corrected chi connectivity index (χ0v) is 22.3. The van der Waals surface area contributed by atoms with Gasteiger partial charge >= 0.3 is 11.8 Å². The summed E-state index contributed by atoms with van der Waals surface area (Å²) in [5.41, 5.74) is 3.87. The first-order chi connectivity index (χ1) is 18.5. The van der Waals surface area contributed by atoms with Crippen LogP contribution in [0.1, 0.15) is 36.9 Å². The Morgan fingerprint density at radius 1 is 1.00 bits per heavy atom. The molecule has 0 aliphatic carbocycles. The number of carbonyl (C=O) groups is 1. The molecule has 38 heavy (non-hydrogen) atoms. The number of halogens is 1. The fourth-order valence-corrected chi connectivity index (χ4v) is 5.34. The number of amides is 1. The van der Waals surface area contributed by atoms with Crippen LogP contribution in [0.4, 0.5) is 4.79 Å². The summed E-state index contributed by atoms with van der Waals surface area (Å²) in [5.74, 6) is 0. The topological polar surface area (TPSA) is 70.6 Å². The van der Waals surface area contributed by atoms with Crippen LogP contribution >= 0.6 is 11.6 Å². The molecule has 4 aromatic rings. The van der Waals surface area contributed by atoms with Gasteiger partial charge in [-0.25, -0.2) is 9.59 Å². The minimum Gasteiger partial charge on any atom is -0.448 e. The number of fused-ring (bicyclic) bond motifs is 1. The van der Waals surface area contributed by atoms with E-state index in [0.29, 0.717) is 37.6 Å². The number of aromatic nitrogens is 2. The Bertz CT molecular complexity index is 1370. The summed E-state index contributed by atoms with van der Waals surface area (Å²) in [7, 11) is 0. The highest BCUT2D eigenvalue weighted by Gasteiger charge is 2.27. The van der Waals surface area contributed by atoms with Gasteiger partial charge in [0.15, 0.2) is 0 Å². The first-order valence-electron chi connectivity index (χ1n) is 13.1. The summed E-state index contributed by atoms with van der Waals surface area (Å²) in [6.45, 7) is 5.03. The number of benzene rings is 3. The molecule has 1 N–H and O–H groups in total.